The number of hydrogen-bond donors (Lipinski definition) is 3. The highest BCUT2D eigenvalue weighted by atomic mass is 16.4. The number of benzene rings is 2. The number of nitrogens with one attached hydrogen (secondary N) is 2. The zero-order chi connectivity index (χ0) is 31.3. The van der Waals surface area contributed by atoms with Crippen LogP contribution in [-0.2, 0) is 14.4 Å². The minimum Gasteiger partial charge on any atom is -0.465 e. The number of hydrogen-bond acceptors (Lipinski definition) is 5. The lowest BCUT2D eigenvalue weighted by molar-refractivity contribution is -0.145. The van der Waals surface area contributed by atoms with Crippen LogP contribution in [0.15, 0.2) is 77.2 Å². The fourth-order valence-corrected chi connectivity index (χ4v) is 5.47. The van der Waals surface area contributed by atoms with E-state index in [1.165, 1.54) is 18.9 Å². The van der Waals surface area contributed by atoms with Crippen molar-refractivity contribution in [1.82, 2.24) is 20.4 Å². The smallest absolute Gasteiger partial charge is 0.407 e. The van der Waals surface area contributed by atoms with Crippen molar-refractivity contribution < 1.29 is 28.7 Å². The largest absolute Gasteiger partial charge is 0.465 e. The molecule has 0 spiro atoms. The Labute approximate surface area is 252 Å². The molecule has 0 saturated carbocycles. The van der Waals surface area contributed by atoms with E-state index in [4.69, 9.17) is 4.42 Å². The SMILES string of the molecule is Cc1ccc([C@H]2CC[C@@H](C(=O)NC(c3ccccc3)c3ccccc3)N2C(=O)C(NC(=O)C(C)N(C)C(=O)O)C(C)C)o1. The van der Waals surface area contributed by atoms with E-state index in [9.17, 15) is 24.3 Å². The Balaban J connectivity index is 1.66. The standard InChI is InChI=1S/C33H40N4O6/c1-20(2)28(34-30(38)22(4)36(5)33(41)42)32(40)37-25(27-19-16-21(3)43-27)17-18-26(37)31(39)35-29(23-12-8-6-9-13-23)24-14-10-7-11-15-24/h6-16,19-20,22,25-26,28-29H,17-18H2,1-5H3,(H,34,38)(H,35,39)(H,41,42)/t22?,25-,26+,28?/m1/s1. The third kappa shape index (κ3) is 7.07. The fraction of sp³-hybridized carbons (Fsp3) is 0.394. The summed E-state index contributed by atoms with van der Waals surface area (Å²) in [5.41, 5.74) is 1.81. The molecule has 2 unspecified atom stereocenters. The van der Waals surface area contributed by atoms with Gasteiger partial charge in [-0.05, 0) is 55.9 Å². The normalized spacial score (nSPS) is 17.9. The first-order valence-electron chi connectivity index (χ1n) is 14.5. The van der Waals surface area contributed by atoms with Crippen molar-refractivity contribution in [3.8, 4) is 0 Å². The number of nitrogens with zero attached hydrogens (tertiary/aromatic N) is 2. The van der Waals surface area contributed by atoms with Gasteiger partial charge in [-0.1, -0.05) is 74.5 Å². The van der Waals surface area contributed by atoms with E-state index in [1.807, 2.05) is 79.7 Å². The Kier molecular flexibility index (Phi) is 9.90. The van der Waals surface area contributed by atoms with Crippen LogP contribution in [0.4, 0.5) is 4.79 Å². The molecule has 2 aromatic carbocycles. The summed E-state index contributed by atoms with van der Waals surface area (Å²) in [5.74, 6) is -0.440. The predicted molar refractivity (Wildman–Crippen MR) is 161 cm³/mol. The van der Waals surface area contributed by atoms with Gasteiger partial charge in [-0.15, -0.1) is 0 Å². The summed E-state index contributed by atoms with van der Waals surface area (Å²) in [6.45, 7) is 6.87. The van der Waals surface area contributed by atoms with E-state index in [1.54, 1.807) is 13.8 Å². The Bertz CT molecular complexity index is 1380. The van der Waals surface area contributed by atoms with Crippen molar-refractivity contribution >= 4 is 23.8 Å². The Morgan fingerprint density at radius 1 is 0.884 bits per heavy atom. The molecule has 10 heteroatoms. The van der Waals surface area contributed by atoms with Crippen molar-refractivity contribution in [1.29, 1.82) is 0 Å². The molecule has 2 heterocycles. The van der Waals surface area contributed by atoms with Crippen molar-refractivity contribution in [2.75, 3.05) is 7.05 Å². The molecule has 1 fully saturated rings. The molecule has 1 saturated heterocycles. The number of carbonyl (C=O) groups excluding carboxylic acids is 3. The van der Waals surface area contributed by atoms with Crippen LogP contribution in [0.25, 0.3) is 0 Å². The van der Waals surface area contributed by atoms with Gasteiger partial charge < -0.3 is 25.1 Å². The van der Waals surface area contributed by atoms with Crippen LogP contribution < -0.4 is 10.6 Å². The number of amides is 4. The highest BCUT2D eigenvalue weighted by Gasteiger charge is 2.46. The maximum atomic E-state index is 14.3. The zero-order valence-corrected chi connectivity index (χ0v) is 25.2. The summed E-state index contributed by atoms with van der Waals surface area (Å²) >= 11 is 0. The first-order valence-corrected chi connectivity index (χ1v) is 14.5. The maximum Gasteiger partial charge on any atom is 0.407 e. The van der Waals surface area contributed by atoms with E-state index in [2.05, 4.69) is 10.6 Å². The van der Waals surface area contributed by atoms with E-state index in [0.717, 1.165) is 16.0 Å². The highest BCUT2D eigenvalue weighted by molar-refractivity contribution is 5.94. The lowest BCUT2D eigenvalue weighted by Gasteiger charge is -2.35. The lowest BCUT2D eigenvalue weighted by atomic mass is 9.98. The van der Waals surface area contributed by atoms with E-state index >= 15 is 0 Å². The summed E-state index contributed by atoms with van der Waals surface area (Å²) in [7, 11) is 1.30. The molecule has 0 aliphatic carbocycles. The average Bonchev–Trinajstić information content (AvgIpc) is 3.64. The summed E-state index contributed by atoms with van der Waals surface area (Å²) in [4.78, 5) is 55.4. The molecule has 10 nitrogen and oxygen atoms in total. The minimum absolute atomic E-state index is 0.315. The van der Waals surface area contributed by atoms with Crippen LogP contribution in [0.1, 0.15) is 68.3 Å². The lowest BCUT2D eigenvalue weighted by Crippen LogP contribution is -2.58. The first kappa shape index (κ1) is 31.3. The molecular formula is C33H40N4O6. The molecule has 1 aliphatic rings. The Morgan fingerprint density at radius 2 is 1.47 bits per heavy atom. The minimum atomic E-state index is -1.26. The van der Waals surface area contributed by atoms with Crippen molar-refractivity contribution in [3.05, 3.63) is 95.4 Å². The first-order chi connectivity index (χ1) is 20.5. The van der Waals surface area contributed by atoms with Gasteiger partial charge in [-0.3, -0.25) is 19.3 Å². The number of likely N-dealkylation sites (tertiary alicyclic amines) is 1. The topological polar surface area (TPSA) is 132 Å². The van der Waals surface area contributed by atoms with Gasteiger partial charge in [0.1, 0.15) is 29.6 Å². The second kappa shape index (κ2) is 13.6. The molecule has 3 N–H and O–H groups in total. The fourth-order valence-electron chi connectivity index (χ4n) is 5.47. The Morgan fingerprint density at radius 3 is 1.95 bits per heavy atom. The molecule has 4 rings (SSSR count). The second-order valence-electron chi connectivity index (χ2n) is 11.4. The summed E-state index contributed by atoms with van der Waals surface area (Å²) < 4.78 is 5.93. The van der Waals surface area contributed by atoms with E-state index < -0.39 is 48.1 Å². The van der Waals surface area contributed by atoms with E-state index in [0.29, 0.717) is 24.4 Å². The molecular weight excluding hydrogens is 548 g/mol. The van der Waals surface area contributed by atoms with Gasteiger partial charge in [0.2, 0.25) is 17.7 Å². The zero-order valence-electron chi connectivity index (χ0n) is 25.2. The van der Waals surface area contributed by atoms with Gasteiger partial charge >= 0.3 is 6.09 Å². The number of likely N-dealkylation sites (N-methyl/N-ethyl adjacent to an activating group) is 1. The predicted octanol–water partition coefficient (Wildman–Crippen LogP) is 4.67. The summed E-state index contributed by atoms with van der Waals surface area (Å²) in [6.07, 6.45) is -0.365. The quantitative estimate of drug-likeness (QED) is 0.316. The third-order valence-corrected chi connectivity index (χ3v) is 8.08. The number of furan rings is 1. The average molecular weight is 589 g/mol. The molecule has 43 heavy (non-hydrogen) atoms. The molecule has 0 radical (unpaired) electrons. The van der Waals surface area contributed by atoms with Crippen LogP contribution in [-0.4, -0.2) is 63.9 Å². The molecule has 3 aromatic rings. The molecule has 1 aromatic heterocycles. The molecule has 4 amide bonds. The number of rotatable bonds is 10. The summed E-state index contributed by atoms with van der Waals surface area (Å²) in [5, 5.41) is 15.3. The molecule has 0 bridgehead atoms. The maximum absolute atomic E-state index is 14.3. The number of carboxylic acid groups (broad SMARTS) is 1. The van der Waals surface area contributed by atoms with Crippen LogP contribution in [0.5, 0.6) is 0 Å². The summed E-state index contributed by atoms with van der Waals surface area (Å²) in [6, 6.07) is 19.1. The van der Waals surface area contributed by atoms with Crippen molar-refractivity contribution in [2.24, 2.45) is 5.92 Å². The van der Waals surface area contributed by atoms with Crippen LogP contribution >= 0.6 is 0 Å². The van der Waals surface area contributed by atoms with Crippen molar-refractivity contribution in [2.45, 2.75) is 70.7 Å². The highest BCUT2D eigenvalue weighted by Crippen LogP contribution is 2.38. The van der Waals surface area contributed by atoms with Gasteiger partial charge in [0.25, 0.3) is 0 Å². The van der Waals surface area contributed by atoms with Crippen LogP contribution in [0.2, 0.25) is 0 Å². The number of carbonyl (C=O) groups is 4. The van der Waals surface area contributed by atoms with Crippen LogP contribution in [0.3, 0.4) is 0 Å². The van der Waals surface area contributed by atoms with Gasteiger partial charge in [-0.2, -0.15) is 0 Å². The molecule has 4 atom stereocenters. The van der Waals surface area contributed by atoms with Crippen LogP contribution in [0, 0.1) is 12.8 Å². The number of aryl methyl sites for hydroxylation is 1. The van der Waals surface area contributed by atoms with E-state index in [-0.39, 0.29) is 11.8 Å². The van der Waals surface area contributed by atoms with Crippen molar-refractivity contribution in [3.63, 3.8) is 0 Å². The second-order valence-corrected chi connectivity index (χ2v) is 11.4. The van der Waals surface area contributed by atoms with Gasteiger partial charge in [0, 0.05) is 7.05 Å². The monoisotopic (exact) mass is 588 g/mol. The van der Waals surface area contributed by atoms with Gasteiger partial charge in [-0.25, -0.2) is 4.79 Å². The Hall–Kier alpha value is -4.60. The van der Waals surface area contributed by atoms with Gasteiger partial charge in [0.15, 0.2) is 0 Å². The molecule has 1 aliphatic heterocycles. The van der Waals surface area contributed by atoms with Gasteiger partial charge in [0.05, 0.1) is 12.1 Å². The third-order valence-electron chi connectivity index (χ3n) is 8.08. The molecule has 228 valence electrons.